The van der Waals surface area contributed by atoms with Crippen LogP contribution in [0.25, 0.3) is 0 Å². The lowest BCUT2D eigenvalue weighted by Gasteiger charge is -2.49. The molecule has 29 heavy (non-hydrogen) atoms. The Morgan fingerprint density at radius 1 is 1.34 bits per heavy atom. The number of nitriles is 1. The van der Waals surface area contributed by atoms with Gasteiger partial charge in [-0.25, -0.2) is 13.8 Å². The molecule has 6 nitrogen and oxygen atoms in total. The Balaban J connectivity index is 1.63. The highest BCUT2D eigenvalue weighted by molar-refractivity contribution is 5.98. The van der Waals surface area contributed by atoms with Crippen LogP contribution >= 0.6 is 0 Å². The standard InChI is InChI=1S/C21H23F2N5O/c1-15-18(26-14-25-15)10-27-12-20(11-21(22,23)13-27)6-3-7-28(19(20)29)17-5-2-4-16(8-17)9-24/h2,4-5,8,14H,3,6-7,10-13H2,1H3,(H,25,26)/t20-/m1/s1. The summed E-state index contributed by atoms with van der Waals surface area (Å²) >= 11 is 0. The van der Waals surface area contributed by atoms with Gasteiger partial charge in [0.05, 0.1) is 35.6 Å². The normalized spacial score (nSPS) is 24.6. The number of anilines is 1. The zero-order chi connectivity index (χ0) is 20.6. The second-order valence-electron chi connectivity index (χ2n) is 8.15. The zero-order valence-electron chi connectivity index (χ0n) is 16.3. The third-order valence-corrected chi connectivity index (χ3v) is 5.91. The van der Waals surface area contributed by atoms with Gasteiger partial charge in [-0.05, 0) is 38.0 Å². The molecule has 152 valence electrons. The number of piperidine rings is 2. The number of carbonyl (C=O) groups is 1. The molecule has 2 aliphatic heterocycles. The van der Waals surface area contributed by atoms with Crippen molar-refractivity contribution in [3.8, 4) is 6.07 Å². The van der Waals surface area contributed by atoms with Gasteiger partial charge in [0.1, 0.15) is 0 Å². The van der Waals surface area contributed by atoms with Crippen LogP contribution in [0.3, 0.4) is 0 Å². The number of hydrogen-bond acceptors (Lipinski definition) is 4. The first-order valence-electron chi connectivity index (χ1n) is 9.73. The lowest BCUT2D eigenvalue weighted by Crippen LogP contribution is -2.61. The molecular formula is C21H23F2N5O. The molecule has 0 bridgehead atoms. The minimum absolute atomic E-state index is 0.276. The summed E-state index contributed by atoms with van der Waals surface area (Å²) in [6.07, 6.45) is 2.20. The second kappa shape index (κ2) is 7.23. The van der Waals surface area contributed by atoms with E-state index in [-0.39, 0.29) is 25.5 Å². The number of aromatic nitrogens is 2. The van der Waals surface area contributed by atoms with Gasteiger partial charge in [0.2, 0.25) is 5.91 Å². The lowest BCUT2D eigenvalue weighted by atomic mass is 9.71. The molecule has 8 heteroatoms. The Kier molecular flexibility index (Phi) is 4.87. The van der Waals surface area contributed by atoms with Crippen LogP contribution in [-0.4, -0.2) is 46.3 Å². The molecule has 2 fully saturated rings. The summed E-state index contributed by atoms with van der Waals surface area (Å²) < 4.78 is 29.5. The van der Waals surface area contributed by atoms with Gasteiger partial charge in [0.25, 0.3) is 5.92 Å². The van der Waals surface area contributed by atoms with Gasteiger partial charge in [0, 0.05) is 37.4 Å². The van der Waals surface area contributed by atoms with Gasteiger partial charge in [-0.3, -0.25) is 9.69 Å². The highest BCUT2D eigenvalue weighted by Crippen LogP contribution is 2.46. The fourth-order valence-electron chi connectivity index (χ4n) is 4.66. The maximum Gasteiger partial charge on any atom is 0.261 e. The van der Waals surface area contributed by atoms with E-state index in [0.717, 1.165) is 11.4 Å². The molecule has 3 heterocycles. The average molecular weight is 399 g/mol. The zero-order valence-corrected chi connectivity index (χ0v) is 16.3. The van der Waals surface area contributed by atoms with Gasteiger partial charge >= 0.3 is 0 Å². The predicted octanol–water partition coefficient (Wildman–Crippen LogP) is 3.24. The van der Waals surface area contributed by atoms with Crippen LogP contribution in [0.2, 0.25) is 0 Å². The number of amides is 1. The summed E-state index contributed by atoms with van der Waals surface area (Å²) in [5.74, 6) is -3.22. The number of likely N-dealkylation sites (tertiary alicyclic amines) is 1. The monoisotopic (exact) mass is 399 g/mol. The maximum atomic E-state index is 14.8. The number of hydrogen-bond donors (Lipinski definition) is 1. The molecule has 0 unspecified atom stereocenters. The third-order valence-electron chi connectivity index (χ3n) is 5.91. The number of imidazole rings is 1. The first-order valence-corrected chi connectivity index (χ1v) is 9.73. The quantitative estimate of drug-likeness (QED) is 0.860. The van der Waals surface area contributed by atoms with Crippen molar-refractivity contribution >= 4 is 11.6 Å². The van der Waals surface area contributed by atoms with E-state index in [1.54, 1.807) is 40.4 Å². The average Bonchev–Trinajstić information content (AvgIpc) is 3.07. The summed E-state index contributed by atoms with van der Waals surface area (Å²) in [5, 5.41) is 9.15. The number of nitrogens with zero attached hydrogens (tertiary/aromatic N) is 4. The fraction of sp³-hybridized carbons (Fsp3) is 0.476. The molecule has 0 saturated carbocycles. The van der Waals surface area contributed by atoms with Crippen LogP contribution in [-0.2, 0) is 11.3 Å². The molecule has 2 aromatic rings. The summed E-state index contributed by atoms with van der Waals surface area (Å²) in [7, 11) is 0. The van der Waals surface area contributed by atoms with Gasteiger partial charge in [-0.1, -0.05) is 6.07 Å². The lowest BCUT2D eigenvalue weighted by molar-refractivity contribution is -0.155. The SMILES string of the molecule is Cc1[nH]cnc1CN1CC(F)(F)C[C@]2(CCCN(c3cccc(C#N)c3)C2=O)C1. The number of carbonyl (C=O) groups excluding carboxylic acids is 1. The van der Waals surface area contributed by atoms with Crippen LogP contribution in [0.15, 0.2) is 30.6 Å². The number of H-pyrrole nitrogens is 1. The number of aromatic amines is 1. The van der Waals surface area contributed by atoms with Gasteiger partial charge in [0.15, 0.2) is 0 Å². The molecular weight excluding hydrogens is 376 g/mol. The minimum Gasteiger partial charge on any atom is -0.348 e. The predicted molar refractivity (Wildman–Crippen MR) is 103 cm³/mol. The second-order valence-corrected chi connectivity index (χ2v) is 8.15. The van der Waals surface area contributed by atoms with Crippen LogP contribution in [0, 0.1) is 23.7 Å². The van der Waals surface area contributed by atoms with Gasteiger partial charge in [-0.2, -0.15) is 5.26 Å². The Hall–Kier alpha value is -2.79. The van der Waals surface area contributed by atoms with Crippen molar-refractivity contribution in [1.29, 1.82) is 5.26 Å². The van der Waals surface area contributed by atoms with E-state index in [2.05, 4.69) is 16.0 Å². The van der Waals surface area contributed by atoms with Crippen molar-refractivity contribution in [2.75, 3.05) is 24.5 Å². The van der Waals surface area contributed by atoms with Crippen molar-refractivity contribution in [2.45, 2.75) is 38.7 Å². The Morgan fingerprint density at radius 3 is 2.90 bits per heavy atom. The van der Waals surface area contributed by atoms with Crippen molar-refractivity contribution in [1.82, 2.24) is 14.9 Å². The van der Waals surface area contributed by atoms with E-state index in [4.69, 9.17) is 5.26 Å². The summed E-state index contributed by atoms with van der Waals surface area (Å²) in [6, 6.07) is 8.84. The van der Waals surface area contributed by atoms with E-state index >= 15 is 0 Å². The van der Waals surface area contributed by atoms with E-state index in [1.807, 2.05) is 6.92 Å². The molecule has 1 amide bonds. The number of rotatable bonds is 3. The van der Waals surface area contributed by atoms with Gasteiger partial charge < -0.3 is 9.88 Å². The molecule has 0 aliphatic carbocycles. The Labute approximate surface area is 168 Å². The van der Waals surface area contributed by atoms with E-state index < -0.39 is 17.8 Å². The molecule has 1 N–H and O–H groups in total. The fourth-order valence-corrected chi connectivity index (χ4v) is 4.66. The Morgan fingerprint density at radius 2 is 2.17 bits per heavy atom. The molecule has 0 radical (unpaired) electrons. The maximum absolute atomic E-state index is 14.8. The summed E-state index contributed by atoms with van der Waals surface area (Å²) in [4.78, 5) is 23.9. The van der Waals surface area contributed by atoms with Crippen LogP contribution in [0.4, 0.5) is 14.5 Å². The molecule has 4 rings (SSSR count). The molecule has 2 saturated heterocycles. The number of halogens is 2. The van der Waals surface area contributed by atoms with Crippen molar-refractivity contribution in [2.24, 2.45) is 5.41 Å². The first kappa shape index (κ1) is 19.5. The van der Waals surface area contributed by atoms with Crippen LogP contribution < -0.4 is 4.90 Å². The molecule has 1 spiro atoms. The summed E-state index contributed by atoms with van der Waals surface area (Å²) in [5.41, 5.74) is 1.47. The first-order chi connectivity index (χ1) is 13.8. The largest absolute Gasteiger partial charge is 0.348 e. The number of aryl methyl sites for hydroxylation is 1. The van der Waals surface area contributed by atoms with E-state index in [1.165, 1.54) is 0 Å². The highest BCUT2D eigenvalue weighted by atomic mass is 19.3. The van der Waals surface area contributed by atoms with Crippen LogP contribution in [0.1, 0.15) is 36.2 Å². The van der Waals surface area contributed by atoms with Gasteiger partial charge in [-0.15, -0.1) is 0 Å². The third kappa shape index (κ3) is 3.75. The van der Waals surface area contributed by atoms with E-state index in [0.29, 0.717) is 30.6 Å². The highest BCUT2D eigenvalue weighted by Gasteiger charge is 2.55. The number of alkyl halides is 2. The van der Waals surface area contributed by atoms with Crippen molar-refractivity contribution in [3.63, 3.8) is 0 Å². The van der Waals surface area contributed by atoms with Crippen molar-refractivity contribution in [3.05, 3.63) is 47.5 Å². The van der Waals surface area contributed by atoms with E-state index in [9.17, 15) is 13.6 Å². The topological polar surface area (TPSA) is 76.0 Å². The number of benzene rings is 1. The molecule has 2 aliphatic rings. The molecule has 1 atom stereocenters. The van der Waals surface area contributed by atoms with Crippen molar-refractivity contribution < 1.29 is 13.6 Å². The molecule has 1 aromatic heterocycles. The smallest absolute Gasteiger partial charge is 0.261 e. The number of nitrogens with one attached hydrogen (secondary N) is 1. The summed E-state index contributed by atoms with van der Waals surface area (Å²) in [6.45, 7) is 2.51. The van der Waals surface area contributed by atoms with Crippen LogP contribution in [0.5, 0.6) is 0 Å². The Bertz CT molecular complexity index is 966. The molecule has 1 aromatic carbocycles. The minimum atomic E-state index is -2.95.